The normalized spacial score (nSPS) is 11.7. The number of rotatable bonds is 6. The van der Waals surface area contributed by atoms with Gasteiger partial charge in [-0.2, -0.15) is 0 Å². The van der Waals surface area contributed by atoms with Gasteiger partial charge in [0.05, 0.1) is 0 Å². The predicted molar refractivity (Wildman–Crippen MR) is 373 cm³/mol. The molecule has 0 fully saturated rings. The fourth-order valence-corrected chi connectivity index (χ4v) is 13.9. The van der Waals surface area contributed by atoms with E-state index in [0.29, 0.717) is 0 Å². The maximum absolute atomic E-state index is 6.40. The van der Waals surface area contributed by atoms with Crippen molar-refractivity contribution in [1.82, 2.24) is 0 Å². The summed E-state index contributed by atoms with van der Waals surface area (Å²) in [5, 5.41) is 22.4. The van der Waals surface area contributed by atoms with Crippen molar-refractivity contribution in [2.75, 3.05) is 0 Å². The first-order valence-electron chi connectivity index (χ1n) is 30.0. The monoisotopic (exact) mass is 1100 g/mol. The third-order valence-electron chi connectivity index (χ3n) is 18.0. The van der Waals surface area contributed by atoms with Crippen molar-refractivity contribution in [3.63, 3.8) is 0 Å². The summed E-state index contributed by atoms with van der Waals surface area (Å²) in [7, 11) is 0. The summed E-state index contributed by atoms with van der Waals surface area (Å²) in [6.45, 7) is 0. The minimum Gasteiger partial charge on any atom is -0.456 e. The highest BCUT2D eigenvalue weighted by molar-refractivity contribution is 6.25. The van der Waals surface area contributed by atoms with Crippen LogP contribution in [0.3, 0.4) is 0 Å². The van der Waals surface area contributed by atoms with Crippen LogP contribution < -0.4 is 0 Å². The molecule has 18 rings (SSSR count). The van der Waals surface area contributed by atoms with E-state index in [9.17, 15) is 0 Å². The van der Waals surface area contributed by atoms with Gasteiger partial charge in [-0.3, -0.25) is 0 Å². The molecule has 1 aromatic heterocycles. The molecule has 1 nitrogen and oxygen atoms in total. The van der Waals surface area contributed by atoms with Crippen LogP contribution in [0.25, 0.3) is 175 Å². The Kier molecular flexibility index (Phi) is 12.0. The van der Waals surface area contributed by atoms with Crippen LogP contribution >= 0.6 is 0 Å². The van der Waals surface area contributed by atoms with Crippen molar-refractivity contribution in [2.45, 2.75) is 0 Å². The molecule has 0 atom stereocenters. The summed E-state index contributed by atoms with van der Waals surface area (Å²) in [6, 6.07) is 119. The fraction of sp³-hybridized carbons (Fsp3) is 0. The minimum atomic E-state index is 0.909. The molecule has 0 saturated heterocycles. The van der Waals surface area contributed by atoms with Gasteiger partial charge in [-0.1, -0.05) is 285 Å². The first kappa shape index (κ1) is 50.2. The Balaban J connectivity index is 0.000000137. The molecule has 0 saturated carbocycles. The molecular formula is C86H54O. The average Bonchev–Trinajstić information content (AvgIpc) is 1.52. The second kappa shape index (κ2) is 20.7. The van der Waals surface area contributed by atoms with E-state index in [1.807, 2.05) is 0 Å². The van der Waals surface area contributed by atoms with Crippen LogP contribution in [0, 0.1) is 0 Å². The van der Waals surface area contributed by atoms with Crippen LogP contribution in [0.1, 0.15) is 0 Å². The first-order valence-corrected chi connectivity index (χ1v) is 30.0. The van der Waals surface area contributed by atoms with Crippen LogP contribution in [0.2, 0.25) is 0 Å². The topological polar surface area (TPSA) is 13.1 Å². The van der Waals surface area contributed by atoms with Gasteiger partial charge in [-0.05, 0) is 195 Å². The summed E-state index contributed by atoms with van der Waals surface area (Å²) in [6.07, 6.45) is 0. The fourth-order valence-electron chi connectivity index (χ4n) is 13.9. The summed E-state index contributed by atoms with van der Waals surface area (Å²) in [5.41, 5.74) is 16.8. The summed E-state index contributed by atoms with van der Waals surface area (Å²) >= 11 is 0. The Morgan fingerprint density at radius 2 is 0.517 bits per heavy atom. The Morgan fingerprint density at radius 3 is 1.13 bits per heavy atom. The molecule has 0 aliphatic rings. The van der Waals surface area contributed by atoms with E-state index >= 15 is 0 Å². The standard InChI is InChI=1S/C46H28O.C40H26/c1-2-11-30(12-3-1)45-37-16-8-9-17-38(37)46(39-22-20-35(26-42(39)45)34-19-18-29-10-4-5-13-31(29)24-34)36-21-23-43-40(27-36)41-25-32-14-6-7-15-33(32)28-44(41)47-43;1-2-12-31-26-32(25-22-27(31)10-1)28-20-23-30(24-21-28)39-35-15-5-7-17-37(35)40(38-18-8-6-16-36(38)39)34-19-9-13-29-11-3-4-14-33(29)34/h1-28H;1-26H. The van der Waals surface area contributed by atoms with E-state index in [4.69, 9.17) is 4.42 Å². The molecule has 1 heterocycles. The molecule has 1 heteroatoms. The maximum Gasteiger partial charge on any atom is 0.136 e. The van der Waals surface area contributed by atoms with E-state index in [-0.39, 0.29) is 0 Å². The van der Waals surface area contributed by atoms with E-state index in [1.165, 1.54) is 153 Å². The molecular weight excluding hydrogens is 1050 g/mol. The van der Waals surface area contributed by atoms with Gasteiger partial charge < -0.3 is 4.42 Å². The van der Waals surface area contributed by atoms with Crippen LogP contribution in [0.15, 0.2) is 332 Å². The van der Waals surface area contributed by atoms with Gasteiger partial charge >= 0.3 is 0 Å². The molecule has 17 aromatic carbocycles. The second-order valence-corrected chi connectivity index (χ2v) is 23.0. The van der Waals surface area contributed by atoms with Gasteiger partial charge in [0.1, 0.15) is 11.2 Å². The van der Waals surface area contributed by atoms with Crippen molar-refractivity contribution in [3.05, 3.63) is 328 Å². The number of hydrogen-bond acceptors (Lipinski definition) is 1. The third kappa shape index (κ3) is 8.62. The molecule has 0 spiro atoms. The number of furan rings is 1. The van der Waals surface area contributed by atoms with Gasteiger partial charge in [-0.25, -0.2) is 0 Å². The van der Waals surface area contributed by atoms with Crippen molar-refractivity contribution in [1.29, 1.82) is 0 Å². The third-order valence-corrected chi connectivity index (χ3v) is 18.0. The number of fused-ring (bicyclic) bond motifs is 11. The summed E-state index contributed by atoms with van der Waals surface area (Å²) in [4.78, 5) is 0. The zero-order chi connectivity index (χ0) is 57.4. The van der Waals surface area contributed by atoms with Gasteiger partial charge in [-0.15, -0.1) is 0 Å². The first-order chi connectivity index (χ1) is 43.1. The highest BCUT2D eigenvalue weighted by atomic mass is 16.3. The highest BCUT2D eigenvalue weighted by Gasteiger charge is 2.21. The molecule has 87 heavy (non-hydrogen) atoms. The molecule has 404 valence electrons. The molecule has 0 amide bonds. The largest absolute Gasteiger partial charge is 0.456 e. The van der Waals surface area contributed by atoms with Gasteiger partial charge in [0.15, 0.2) is 0 Å². The van der Waals surface area contributed by atoms with E-state index in [1.54, 1.807) is 0 Å². The van der Waals surface area contributed by atoms with Crippen LogP contribution in [-0.4, -0.2) is 0 Å². The Labute approximate surface area is 503 Å². The molecule has 0 unspecified atom stereocenters. The molecule has 0 aliphatic carbocycles. The van der Waals surface area contributed by atoms with Gasteiger partial charge in [0.2, 0.25) is 0 Å². The lowest BCUT2D eigenvalue weighted by Gasteiger charge is -2.19. The Hall–Kier alpha value is -11.4. The Bertz CT molecular complexity index is 5690. The summed E-state index contributed by atoms with van der Waals surface area (Å²) < 4.78 is 6.40. The van der Waals surface area contributed by atoms with Crippen molar-refractivity contribution in [2.24, 2.45) is 0 Å². The number of hydrogen-bond donors (Lipinski definition) is 0. The lowest BCUT2D eigenvalue weighted by atomic mass is 9.84. The molecule has 0 bridgehead atoms. The van der Waals surface area contributed by atoms with E-state index in [0.717, 1.165) is 21.9 Å². The summed E-state index contributed by atoms with van der Waals surface area (Å²) in [5.74, 6) is 0. The average molecular weight is 1100 g/mol. The van der Waals surface area contributed by atoms with Crippen LogP contribution in [-0.2, 0) is 0 Å². The maximum atomic E-state index is 6.40. The zero-order valence-electron chi connectivity index (χ0n) is 47.6. The zero-order valence-corrected chi connectivity index (χ0v) is 47.6. The SMILES string of the molecule is c1ccc(-c2c3ccccc3c(-c3ccc4oc5cc6ccccc6cc5c4c3)c3ccc(-c4ccc5ccccc5c4)cc23)cc1.c1ccc2cc(-c3ccc(-c4c5ccccc5c(-c5cccc6ccccc56)c5ccccc45)cc3)ccc2c1. The van der Waals surface area contributed by atoms with Crippen LogP contribution in [0.5, 0.6) is 0 Å². The van der Waals surface area contributed by atoms with Crippen LogP contribution in [0.4, 0.5) is 0 Å². The molecule has 0 aliphatic heterocycles. The smallest absolute Gasteiger partial charge is 0.136 e. The predicted octanol–water partition coefficient (Wildman–Crippen LogP) is 24.5. The van der Waals surface area contributed by atoms with Crippen molar-refractivity contribution < 1.29 is 4.42 Å². The Morgan fingerprint density at radius 1 is 0.149 bits per heavy atom. The lowest BCUT2D eigenvalue weighted by molar-refractivity contribution is 0.669. The lowest BCUT2D eigenvalue weighted by Crippen LogP contribution is -1.91. The van der Waals surface area contributed by atoms with E-state index in [2.05, 4.69) is 328 Å². The van der Waals surface area contributed by atoms with Crippen molar-refractivity contribution in [3.8, 4) is 66.8 Å². The quantitative estimate of drug-likeness (QED) is 0.151. The number of benzene rings is 17. The van der Waals surface area contributed by atoms with Gasteiger partial charge in [0.25, 0.3) is 0 Å². The molecule has 0 radical (unpaired) electrons. The minimum absolute atomic E-state index is 0.909. The highest BCUT2D eigenvalue weighted by Crippen LogP contribution is 2.48. The molecule has 0 N–H and O–H groups in total. The van der Waals surface area contributed by atoms with Gasteiger partial charge in [0, 0.05) is 10.8 Å². The molecule has 18 aromatic rings. The van der Waals surface area contributed by atoms with Crippen molar-refractivity contribution >= 4 is 108 Å². The van der Waals surface area contributed by atoms with E-state index < -0.39 is 0 Å². The second-order valence-electron chi connectivity index (χ2n) is 23.0.